The van der Waals surface area contributed by atoms with Crippen molar-refractivity contribution in [1.82, 2.24) is 0 Å². The molecule has 106 valence electrons. The van der Waals surface area contributed by atoms with Gasteiger partial charge >= 0.3 is 0 Å². The van der Waals surface area contributed by atoms with E-state index in [1.807, 2.05) is 0 Å². The first-order chi connectivity index (χ1) is 9.67. The topological polar surface area (TPSA) is 44.5 Å². The SMILES string of the molecule is COc1cccc(CN)c1OCc1c(F)cccc1F. The molecule has 20 heavy (non-hydrogen) atoms. The summed E-state index contributed by atoms with van der Waals surface area (Å²) in [6.45, 7) is 0.0121. The van der Waals surface area contributed by atoms with Gasteiger partial charge in [0, 0.05) is 12.1 Å². The van der Waals surface area contributed by atoms with Crippen LogP contribution in [0, 0.1) is 11.6 Å². The summed E-state index contributed by atoms with van der Waals surface area (Å²) in [5.41, 5.74) is 6.20. The molecule has 0 saturated heterocycles. The van der Waals surface area contributed by atoms with Gasteiger partial charge in [-0.25, -0.2) is 8.78 Å². The predicted molar refractivity (Wildman–Crippen MR) is 71.6 cm³/mol. The van der Waals surface area contributed by atoms with Gasteiger partial charge in [-0.05, 0) is 18.2 Å². The fourth-order valence-electron chi connectivity index (χ4n) is 1.86. The van der Waals surface area contributed by atoms with E-state index >= 15 is 0 Å². The van der Waals surface area contributed by atoms with Crippen molar-refractivity contribution in [3.8, 4) is 11.5 Å². The lowest BCUT2D eigenvalue weighted by atomic mass is 10.1. The fourth-order valence-corrected chi connectivity index (χ4v) is 1.86. The number of benzene rings is 2. The van der Waals surface area contributed by atoms with Gasteiger partial charge in [0.15, 0.2) is 11.5 Å². The Morgan fingerprint density at radius 3 is 2.30 bits per heavy atom. The minimum atomic E-state index is -0.644. The molecule has 0 heterocycles. The molecule has 0 atom stereocenters. The summed E-state index contributed by atoms with van der Waals surface area (Å²) in [5.74, 6) is -0.409. The number of para-hydroxylation sites is 1. The Labute approximate surface area is 115 Å². The van der Waals surface area contributed by atoms with E-state index in [1.165, 1.54) is 25.3 Å². The van der Waals surface area contributed by atoms with Crippen LogP contribution in [0.25, 0.3) is 0 Å². The van der Waals surface area contributed by atoms with Crippen LogP contribution < -0.4 is 15.2 Å². The molecule has 0 saturated carbocycles. The van der Waals surface area contributed by atoms with Gasteiger partial charge in [-0.3, -0.25) is 0 Å². The molecule has 0 aliphatic rings. The molecule has 0 bridgehead atoms. The molecule has 0 aliphatic heterocycles. The van der Waals surface area contributed by atoms with Gasteiger partial charge in [-0.2, -0.15) is 0 Å². The second-order valence-corrected chi connectivity index (χ2v) is 4.14. The Hall–Kier alpha value is -2.14. The third-order valence-corrected chi connectivity index (χ3v) is 2.92. The van der Waals surface area contributed by atoms with Crippen LogP contribution in [0.3, 0.4) is 0 Å². The average Bonchev–Trinajstić information content (AvgIpc) is 2.46. The summed E-state index contributed by atoms with van der Waals surface area (Å²) < 4.78 is 37.8. The molecule has 2 aromatic rings. The fraction of sp³-hybridized carbons (Fsp3) is 0.200. The van der Waals surface area contributed by atoms with Crippen molar-refractivity contribution >= 4 is 0 Å². The summed E-state index contributed by atoms with van der Waals surface area (Å²) in [5, 5.41) is 0. The zero-order valence-electron chi connectivity index (χ0n) is 11.0. The second kappa shape index (κ2) is 6.34. The van der Waals surface area contributed by atoms with E-state index in [9.17, 15) is 8.78 Å². The van der Waals surface area contributed by atoms with E-state index < -0.39 is 11.6 Å². The minimum absolute atomic E-state index is 0.124. The van der Waals surface area contributed by atoms with Crippen LogP contribution >= 0.6 is 0 Å². The van der Waals surface area contributed by atoms with E-state index in [0.717, 1.165) is 0 Å². The van der Waals surface area contributed by atoms with Crippen LogP contribution in [0.2, 0.25) is 0 Å². The van der Waals surface area contributed by atoms with Crippen molar-refractivity contribution in [2.24, 2.45) is 5.73 Å². The van der Waals surface area contributed by atoms with Crippen molar-refractivity contribution in [2.45, 2.75) is 13.2 Å². The Bertz CT molecular complexity index is 560. The van der Waals surface area contributed by atoms with Crippen molar-refractivity contribution in [3.63, 3.8) is 0 Å². The van der Waals surface area contributed by atoms with Crippen LogP contribution in [0.15, 0.2) is 36.4 Å². The smallest absolute Gasteiger partial charge is 0.166 e. The maximum atomic E-state index is 13.5. The predicted octanol–water partition coefficient (Wildman–Crippen LogP) is 3.01. The molecule has 0 amide bonds. The summed E-state index contributed by atoms with van der Waals surface area (Å²) in [4.78, 5) is 0. The second-order valence-electron chi connectivity index (χ2n) is 4.14. The zero-order valence-corrected chi connectivity index (χ0v) is 11.0. The molecule has 0 unspecified atom stereocenters. The van der Waals surface area contributed by atoms with E-state index in [1.54, 1.807) is 18.2 Å². The monoisotopic (exact) mass is 279 g/mol. The van der Waals surface area contributed by atoms with Crippen molar-refractivity contribution in [3.05, 3.63) is 59.2 Å². The van der Waals surface area contributed by atoms with E-state index in [2.05, 4.69) is 0 Å². The highest BCUT2D eigenvalue weighted by Gasteiger charge is 2.13. The summed E-state index contributed by atoms with van der Waals surface area (Å²) in [6.07, 6.45) is 0. The molecule has 0 radical (unpaired) electrons. The molecule has 2 rings (SSSR count). The van der Waals surface area contributed by atoms with Crippen LogP contribution in [-0.2, 0) is 13.2 Å². The first-order valence-corrected chi connectivity index (χ1v) is 6.09. The number of halogens is 2. The van der Waals surface area contributed by atoms with E-state index in [-0.39, 0.29) is 18.7 Å². The molecule has 0 aliphatic carbocycles. The van der Waals surface area contributed by atoms with Crippen molar-refractivity contribution in [1.29, 1.82) is 0 Å². The maximum absolute atomic E-state index is 13.5. The summed E-state index contributed by atoms with van der Waals surface area (Å²) in [6, 6.07) is 8.93. The molecule has 2 aromatic carbocycles. The highest BCUT2D eigenvalue weighted by atomic mass is 19.1. The third kappa shape index (κ3) is 2.88. The number of hydrogen-bond donors (Lipinski definition) is 1. The highest BCUT2D eigenvalue weighted by molar-refractivity contribution is 5.46. The van der Waals surface area contributed by atoms with Gasteiger partial charge < -0.3 is 15.2 Å². The van der Waals surface area contributed by atoms with Gasteiger partial charge in [0.05, 0.1) is 12.7 Å². The molecule has 0 fully saturated rings. The van der Waals surface area contributed by atoms with Gasteiger partial charge in [0.1, 0.15) is 18.2 Å². The van der Waals surface area contributed by atoms with Crippen molar-refractivity contribution in [2.75, 3.05) is 7.11 Å². The number of nitrogens with two attached hydrogens (primary N) is 1. The summed E-state index contributed by atoms with van der Waals surface area (Å²) >= 11 is 0. The van der Waals surface area contributed by atoms with Gasteiger partial charge in [-0.1, -0.05) is 18.2 Å². The molecule has 0 aromatic heterocycles. The molecular formula is C15H15F2NO2. The van der Waals surface area contributed by atoms with Crippen LogP contribution in [0.4, 0.5) is 8.78 Å². The molecule has 0 spiro atoms. The zero-order chi connectivity index (χ0) is 14.5. The first kappa shape index (κ1) is 14.3. The Balaban J connectivity index is 2.27. The molecular weight excluding hydrogens is 264 g/mol. The Kier molecular flexibility index (Phi) is 4.53. The van der Waals surface area contributed by atoms with Gasteiger partial charge in [-0.15, -0.1) is 0 Å². The maximum Gasteiger partial charge on any atom is 0.166 e. The third-order valence-electron chi connectivity index (χ3n) is 2.92. The molecule has 2 N–H and O–H groups in total. The lowest BCUT2D eigenvalue weighted by Gasteiger charge is -2.14. The Morgan fingerprint density at radius 2 is 1.70 bits per heavy atom. The minimum Gasteiger partial charge on any atom is -0.493 e. The quantitative estimate of drug-likeness (QED) is 0.915. The molecule has 3 nitrogen and oxygen atoms in total. The number of hydrogen-bond acceptors (Lipinski definition) is 3. The first-order valence-electron chi connectivity index (χ1n) is 6.09. The van der Waals surface area contributed by atoms with Gasteiger partial charge in [0.2, 0.25) is 0 Å². The number of ether oxygens (including phenoxy) is 2. The number of methoxy groups -OCH3 is 1. The standard InChI is InChI=1S/C15H15F2NO2/c1-19-14-7-2-4-10(8-18)15(14)20-9-11-12(16)5-3-6-13(11)17/h2-7H,8-9,18H2,1H3. The van der Waals surface area contributed by atoms with E-state index in [4.69, 9.17) is 15.2 Å². The normalized spacial score (nSPS) is 10.4. The lowest BCUT2D eigenvalue weighted by Crippen LogP contribution is -2.06. The number of rotatable bonds is 5. The van der Waals surface area contributed by atoms with Crippen molar-refractivity contribution < 1.29 is 18.3 Å². The largest absolute Gasteiger partial charge is 0.493 e. The van der Waals surface area contributed by atoms with Crippen LogP contribution in [-0.4, -0.2) is 7.11 Å². The highest BCUT2D eigenvalue weighted by Crippen LogP contribution is 2.31. The summed E-state index contributed by atoms with van der Waals surface area (Å²) in [7, 11) is 1.49. The van der Waals surface area contributed by atoms with Gasteiger partial charge in [0.25, 0.3) is 0 Å². The average molecular weight is 279 g/mol. The molecule has 5 heteroatoms. The van der Waals surface area contributed by atoms with Crippen LogP contribution in [0.1, 0.15) is 11.1 Å². The van der Waals surface area contributed by atoms with E-state index in [0.29, 0.717) is 17.1 Å². The van der Waals surface area contributed by atoms with Crippen LogP contribution in [0.5, 0.6) is 11.5 Å². The Morgan fingerprint density at radius 1 is 1.05 bits per heavy atom. The lowest BCUT2D eigenvalue weighted by molar-refractivity contribution is 0.271.